The van der Waals surface area contributed by atoms with Crippen LogP contribution in [0.2, 0.25) is 0 Å². The number of carbonyl (C=O) groups excluding carboxylic acids is 2. The molecule has 4 rings (SSSR count). The normalized spacial score (nSPS) is 15.1. The van der Waals surface area contributed by atoms with E-state index in [0.29, 0.717) is 28.3 Å². The lowest BCUT2D eigenvalue weighted by Crippen LogP contribution is -2.47. The van der Waals surface area contributed by atoms with Crippen LogP contribution in [0.3, 0.4) is 0 Å². The Kier molecular flexibility index (Phi) is 6.87. The van der Waals surface area contributed by atoms with Crippen LogP contribution in [0.1, 0.15) is 65.5 Å². The predicted molar refractivity (Wildman–Crippen MR) is 123 cm³/mol. The molecular formula is C26H28FN3O3. The van der Waals surface area contributed by atoms with Crippen molar-refractivity contribution in [2.75, 3.05) is 4.90 Å². The molecule has 7 heteroatoms. The number of carbonyl (C=O) groups is 2. The number of rotatable bonds is 6. The van der Waals surface area contributed by atoms with Crippen molar-refractivity contribution >= 4 is 17.5 Å². The van der Waals surface area contributed by atoms with Crippen LogP contribution in [0.4, 0.5) is 10.1 Å². The van der Waals surface area contributed by atoms with E-state index in [1.54, 1.807) is 38.1 Å². The lowest BCUT2D eigenvalue weighted by Gasteiger charge is -2.33. The number of amides is 2. The first-order chi connectivity index (χ1) is 16.0. The van der Waals surface area contributed by atoms with Crippen LogP contribution in [-0.2, 0) is 4.79 Å². The van der Waals surface area contributed by atoms with Crippen LogP contribution in [0.15, 0.2) is 59.1 Å². The van der Waals surface area contributed by atoms with Crippen LogP contribution in [0.5, 0.6) is 0 Å². The number of halogens is 1. The van der Waals surface area contributed by atoms with E-state index in [2.05, 4.69) is 10.5 Å². The third-order valence-electron chi connectivity index (χ3n) is 6.14. The van der Waals surface area contributed by atoms with E-state index >= 15 is 0 Å². The maximum absolute atomic E-state index is 13.9. The van der Waals surface area contributed by atoms with Crippen LogP contribution >= 0.6 is 0 Å². The van der Waals surface area contributed by atoms with Gasteiger partial charge in [-0.25, -0.2) is 4.39 Å². The van der Waals surface area contributed by atoms with Gasteiger partial charge >= 0.3 is 0 Å². The molecule has 6 nitrogen and oxygen atoms in total. The molecule has 1 aliphatic rings. The van der Waals surface area contributed by atoms with E-state index in [4.69, 9.17) is 4.52 Å². The summed E-state index contributed by atoms with van der Waals surface area (Å²) >= 11 is 0. The highest BCUT2D eigenvalue weighted by Gasteiger charge is 2.36. The van der Waals surface area contributed by atoms with Gasteiger partial charge in [0.25, 0.3) is 5.91 Å². The maximum atomic E-state index is 13.9. The van der Waals surface area contributed by atoms with E-state index in [1.807, 2.05) is 18.2 Å². The van der Waals surface area contributed by atoms with Crippen LogP contribution < -0.4 is 10.2 Å². The Morgan fingerprint density at radius 1 is 1.03 bits per heavy atom. The second-order valence-electron chi connectivity index (χ2n) is 8.51. The first-order valence-electron chi connectivity index (χ1n) is 11.3. The summed E-state index contributed by atoms with van der Waals surface area (Å²) in [6.45, 7) is 3.37. The van der Waals surface area contributed by atoms with E-state index in [-0.39, 0.29) is 11.9 Å². The lowest BCUT2D eigenvalue weighted by molar-refractivity contribution is -0.123. The number of aryl methyl sites for hydroxylation is 2. The molecular weight excluding hydrogens is 421 g/mol. The molecule has 1 N–H and O–H groups in total. The van der Waals surface area contributed by atoms with Gasteiger partial charge in [-0.1, -0.05) is 54.8 Å². The van der Waals surface area contributed by atoms with E-state index in [1.165, 1.54) is 17.0 Å². The van der Waals surface area contributed by atoms with Gasteiger partial charge in [0, 0.05) is 11.7 Å². The minimum Gasteiger partial charge on any atom is -0.361 e. The van der Waals surface area contributed by atoms with E-state index < -0.39 is 17.8 Å². The van der Waals surface area contributed by atoms with Gasteiger partial charge in [-0.05, 0) is 56.5 Å². The van der Waals surface area contributed by atoms with Gasteiger partial charge in [-0.15, -0.1) is 0 Å². The molecule has 1 aliphatic carbocycles. The summed E-state index contributed by atoms with van der Waals surface area (Å²) in [5.74, 6) is -0.722. The smallest absolute Gasteiger partial charge is 0.264 e. The number of nitrogens with zero attached hydrogens (tertiary/aromatic N) is 2. The molecule has 1 saturated carbocycles. The Bertz CT molecular complexity index is 1090. The average molecular weight is 450 g/mol. The Morgan fingerprint density at radius 2 is 1.70 bits per heavy atom. The molecule has 33 heavy (non-hydrogen) atoms. The molecule has 1 aromatic heterocycles. The molecule has 1 atom stereocenters. The number of para-hydroxylation sites is 1. The number of hydrogen-bond donors (Lipinski definition) is 1. The molecule has 2 aromatic carbocycles. The van der Waals surface area contributed by atoms with Crippen molar-refractivity contribution in [2.45, 2.75) is 58.0 Å². The van der Waals surface area contributed by atoms with Gasteiger partial charge in [-0.3, -0.25) is 14.5 Å². The third-order valence-corrected chi connectivity index (χ3v) is 6.14. The standard InChI is InChI=1S/C26H28FN3O3/c1-17-23(18(2)33-29-17)26(32)30(22-11-7-4-8-12-22)24(19-13-15-20(27)16-14-19)25(31)28-21-9-5-3-6-10-21/h4,7-8,11-16,21,24H,3,5-6,9-10H2,1-2H3,(H,28,31). The number of anilines is 1. The van der Waals surface area contributed by atoms with Gasteiger partial charge in [-0.2, -0.15) is 0 Å². The minimum atomic E-state index is -0.990. The van der Waals surface area contributed by atoms with Gasteiger partial charge in [0.15, 0.2) is 0 Å². The van der Waals surface area contributed by atoms with Crippen molar-refractivity contribution < 1.29 is 18.5 Å². The van der Waals surface area contributed by atoms with E-state index in [9.17, 15) is 14.0 Å². The van der Waals surface area contributed by atoms with Gasteiger partial charge in [0.1, 0.15) is 23.2 Å². The molecule has 1 heterocycles. The summed E-state index contributed by atoms with van der Waals surface area (Å²) in [5, 5.41) is 7.07. The summed E-state index contributed by atoms with van der Waals surface area (Å²) < 4.78 is 19.0. The minimum absolute atomic E-state index is 0.0565. The zero-order chi connectivity index (χ0) is 23.4. The summed E-state index contributed by atoms with van der Waals surface area (Å²) in [6.07, 6.45) is 5.10. The SMILES string of the molecule is Cc1noc(C)c1C(=O)N(c1ccccc1)C(C(=O)NC1CCCCC1)c1ccc(F)cc1. The van der Waals surface area contributed by atoms with Crippen molar-refractivity contribution in [3.8, 4) is 0 Å². The monoisotopic (exact) mass is 449 g/mol. The Labute approximate surface area is 192 Å². The Hall–Kier alpha value is -3.48. The van der Waals surface area contributed by atoms with Crippen molar-refractivity contribution in [2.24, 2.45) is 0 Å². The summed E-state index contributed by atoms with van der Waals surface area (Å²) in [5.41, 5.74) is 1.84. The first-order valence-corrected chi connectivity index (χ1v) is 11.3. The molecule has 1 unspecified atom stereocenters. The summed E-state index contributed by atoms with van der Waals surface area (Å²) in [7, 11) is 0. The van der Waals surface area contributed by atoms with Gasteiger partial charge in [0.2, 0.25) is 5.91 Å². The molecule has 2 amide bonds. The quantitative estimate of drug-likeness (QED) is 0.556. The summed E-state index contributed by atoms with van der Waals surface area (Å²) in [6, 6.07) is 13.8. The average Bonchev–Trinajstić information content (AvgIpc) is 3.16. The lowest BCUT2D eigenvalue weighted by atomic mass is 9.94. The van der Waals surface area contributed by atoms with Crippen molar-refractivity contribution in [3.05, 3.63) is 83.0 Å². The van der Waals surface area contributed by atoms with E-state index in [0.717, 1.165) is 32.1 Å². The fourth-order valence-electron chi connectivity index (χ4n) is 4.47. The van der Waals surface area contributed by atoms with Crippen molar-refractivity contribution in [1.82, 2.24) is 10.5 Å². The number of benzene rings is 2. The number of aromatic nitrogens is 1. The number of hydrogen-bond acceptors (Lipinski definition) is 4. The fourth-order valence-corrected chi connectivity index (χ4v) is 4.47. The molecule has 0 saturated heterocycles. The van der Waals surface area contributed by atoms with Gasteiger partial charge < -0.3 is 9.84 Å². The Morgan fingerprint density at radius 3 is 2.30 bits per heavy atom. The zero-order valence-electron chi connectivity index (χ0n) is 18.9. The Balaban J connectivity index is 1.81. The highest BCUT2D eigenvalue weighted by molar-refractivity contribution is 6.11. The van der Waals surface area contributed by atoms with Gasteiger partial charge in [0.05, 0.1) is 5.69 Å². The zero-order valence-corrected chi connectivity index (χ0v) is 18.9. The molecule has 0 bridgehead atoms. The molecule has 172 valence electrons. The fraction of sp³-hybridized carbons (Fsp3) is 0.346. The molecule has 0 spiro atoms. The second kappa shape index (κ2) is 9.98. The molecule has 3 aromatic rings. The van der Waals surface area contributed by atoms with Crippen molar-refractivity contribution in [3.63, 3.8) is 0 Å². The highest BCUT2D eigenvalue weighted by Crippen LogP contribution is 2.32. The predicted octanol–water partition coefficient (Wildman–Crippen LogP) is 5.27. The second-order valence-corrected chi connectivity index (χ2v) is 8.51. The van der Waals surface area contributed by atoms with Crippen LogP contribution in [-0.4, -0.2) is 23.0 Å². The highest BCUT2D eigenvalue weighted by atomic mass is 19.1. The third kappa shape index (κ3) is 4.97. The molecule has 0 aliphatic heterocycles. The molecule has 0 radical (unpaired) electrons. The first kappa shape index (κ1) is 22.7. The maximum Gasteiger partial charge on any atom is 0.264 e. The molecule has 1 fully saturated rings. The number of nitrogens with one attached hydrogen (secondary N) is 1. The van der Waals surface area contributed by atoms with Crippen LogP contribution in [0.25, 0.3) is 0 Å². The topological polar surface area (TPSA) is 75.4 Å². The van der Waals surface area contributed by atoms with Crippen molar-refractivity contribution in [1.29, 1.82) is 0 Å². The van der Waals surface area contributed by atoms with Crippen LogP contribution in [0, 0.1) is 19.7 Å². The summed E-state index contributed by atoms with van der Waals surface area (Å²) in [4.78, 5) is 29.1. The largest absolute Gasteiger partial charge is 0.361 e.